The van der Waals surface area contributed by atoms with Gasteiger partial charge in [-0.15, -0.1) is 0 Å². The number of esters is 1. The average molecular weight is 248 g/mol. The molecular formula is C14H13FO3. The van der Waals surface area contributed by atoms with Crippen LogP contribution in [0.4, 0.5) is 4.39 Å². The molecule has 4 heteroatoms. The monoisotopic (exact) mass is 248 g/mol. The van der Waals surface area contributed by atoms with Gasteiger partial charge in [-0.05, 0) is 23.8 Å². The van der Waals surface area contributed by atoms with Crippen molar-refractivity contribution >= 4 is 12.0 Å². The van der Waals surface area contributed by atoms with E-state index in [0.29, 0.717) is 12.2 Å². The first-order valence-corrected chi connectivity index (χ1v) is 5.56. The smallest absolute Gasteiger partial charge is 0.334 e. The molecule has 0 aliphatic carbocycles. The van der Waals surface area contributed by atoms with Gasteiger partial charge in [0.25, 0.3) is 0 Å². The van der Waals surface area contributed by atoms with Crippen LogP contribution in [0.15, 0.2) is 42.2 Å². The van der Waals surface area contributed by atoms with E-state index in [0.717, 1.165) is 5.56 Å². The number of cyclic esters (lactones) is 1. The highest BCUT2D eigenvalue weighted by atomic mass is 19.1. The molecule has 1 aromatic rings. The van der Waals surface area contributed by atoms with Gasteiger partial charge in [0.05, 0.1) is 13.2 Å². The van der Waals surface area contributed by atoms with Crippen LogP contribution in [0.3, 0.4) is 0 Å². The fourth-order valence-corrected chi connectivity index (χ4v) is 1.66. The molecule has 1 heterocycles. The maximum atomic E-state index is 12.7. The maximum absolute atomic E-state index is 12.7. The number of carbonyl (C=O) groups is 1. The van der Waals surface area contributed by atoms with Gasteiger partial charge in [0.15, 0.2) is 0 Å². The Morgan fingerprint density at radius 3 is 2.78 bits per heavy atom. The molecule has 2 rings (SSSR count). The van der Waals surface area contributed by atoms with Gasteiger partial charge in [0.1, 0.15) is 17.7 Å². The Kier molecular flexibility index (Phi) is 3.77. The van der Waals surface area contributed by atoms with E-state index < -0.39 is 5.97 Å². The van der Waals surface area contributed by atoms with E-state index in [4.69, 9.17) is 9.47 Å². The number of ether oxygens (including phenoxy) is 2. The highest BCUT2D eigenvalue weighted by molar-refractivity contribution is 5.83. The number of halogens is 1. The maximum Gasteiger partial charge on any atom is 0.334 e. The van der Waals surface area contributed by atoms with Crippen molar-refractivity contribution < 1.29 is 18.7 Å². The third-order valence-corrected chi connectivity index (χ3v) is 2.58. The van der Waals surface area contributed by atoms with Crippen LogP contribution in [0.2, 0.25) is 0 Å². The molecule has 0 saturated heterocycles. The summed E-state index contributed by atoms with van der Waals surface area (Å²) in [4.78, 5) is 11.2. The summed E-state index contributed by atoms with van der Waals surface area (Å²) in [6.07, 6.45) is 5.05. The van der Waals surface area contributed by atoms with Crippen LogP contribution >= 0.6 is 0 Å². The normalized spacial score (nSPS) is 19.6. The van der Waals surface area contributed by atoms with Gasteiger partial charge >= 0.3 is 5.97 Å². The summed E-state index contributed by atoms with van der Waals surface area (Å²) in [6.45, 7) is 0. The molecule has 18 heavy (non-hydrogen) atoms. The second kappa shape index (κ2) is 5.49. The van der Waals surface area contributed by atoms with Crippen LogP contribution in [-0.4, -0.2) is 19.2 Å². The van der Waals surface area contributed by atoms with Gasteiger partial charge in [-0.2, -0.15) is 0 Å². The van der Waals surface area contributed by atoms with Gasteiger partial charge in [0.2, 0.25) is 0 Å². The van der Waals surface area contributed by atoms with Crippen molar-refractivity contribution in [2.45, 2.75) is 12.5 Å². The average Bonchev–Trinajstić information content (AvgIpc) is 2.37. The van der Waals surface area contributed by atoms with Crippen molar-refractivity contribution in [2.75, 3.05) is 7.11 Å². The standard InChI is InChI=1S/C14H13FO3/c1-17-13-8-12(18-14(16)9-13)7-4-10-2-5-11(15)6-3-10/h2-7,9,12H,8H2,1H3/b7-4+. The predicted molar refractivity (Wildman–Crippen MR) is 65.0 cm³/mol. The highest BCUT2D eigenvalue weighted by Crippen LogP contribution is 2.18. The molecule has 0 spiro atoms. The summed E-state index contributed by atoms with van der Waals surface area (Å²) in [5.74, 6) is -0.0901. The summed E-state index contributed by atoms with van der Waals surface area (Å²) < 4.78 is 22.9. The zero-order valence-corrected chi connectivity index (χ0v) is 9.93. The lowest BCUT2D eigenvalue weighted by Crippen LogP contribution is -2.21. The topological polar surface area (TPSA) is 35.5 Å². The van der Waals surface area contributed by atoms with E-state index in [1.54, 1.807) is 24.3 Å². The first-order valence-electron chi connectivity index (χ1n) is 5.56. The van der Waals surface area contributed by atoms with Crippen molar-refractivity contribution in [3.05, 3.63) is 53.6 Å². The van der Waals surface area contributed by atoms with E-state index in [-0.39, 0.29) is 11.9 Å². The lowest BCUT2D eigenvalue weighted by Gasteiger charge is -2.19. The minimum atomic E-state index is -0.410. The Bertz CT molecular complexity index is 488. The van der Waals surface area contributed by atoms with Crippen molar-refractivity contribution in [2.24, 2.45) is 0 Å². The van der Waals surface area contributed by atoms with Gasteiger partial charge in [-0.1, -0.05) is 18.2 Å². The summed E-state index contributed by atoms with van der Waals surface area (Å²) in [6, 6.07) is 6.08. The summed E-state index contributed by atoms with van der Waals surface area (Å²) in [7, 11) is 1.52. The molecule has 94 valence electrons. The number of benzene rings is 1. The first-order chi connectivity index (χ1) is 8.67. The van der Waals surface area contributed by atoms with E-state index in [9.17, 15) is 9.18 Å². The minimum Gasteiger partial charge on any atom is -0.501 e. The molecule has 0 amide bonds. The largest absolute Gasteiger partial charge is 0.501 e. The van der Waals surface area contributed by atoms with Gasteiger partial charge in [0, 0.05) is 6.42 Å². The Morgan fingerprint density at radius 1 is 1.39 bits per heavy atom. The quantitative estimate of drug-likeness (QED) is 0.771. The van der Waals surface area contributed by atoms with Crippen molar-refractivity contribution in [1.82, 2.24) is 0 Å². The fraction of sp³-hybridized carbons (Fsp3) is 0.214. The molecule has 0 radical (unpaired) electrons. The first kappa shape index (κ1) is 12.4. The molecule has 1 atom stereocenters. The Hall–Kier alpha value is -2.10. The van der Waals surface area contributed by atoms with Crippen molar-refractivity contribution in [3.63, 3.8) is 0 Å². The number of rotatable bonds is 3. The van der Waals surface area contributed by atoms with Crippen LogP contribution in [0.1, 0.15) is 12.0 Å². The molecule has 1 aromatic carbocycles. The minimum absolute atomic E-state index is 0.277. The Morgan fingerprint density at radius 2 is 2.11 bits per heavy atom. The van der Waals surface area contributed by atoms with E-state index in [1.807, 2.05) is 0 Å². The Labute approximate surface area is 105 Å². The van der Waals surface area contributed by atoms with Crippen LogP contribution in [0, 0.1) is 5.82 Å². The second-order valence-corrected chi connectivity index (χ2v) is 3.90. The zero-order valence-electron chi connectivity index (χ0n) is 9.93. The fourth-order valence-electron chi connectivity index (χ4n) is 1.66. The molecule has 0 fully saturated rings. The van der Waals surface area contributed by atoms with Gasteiger partial charge in [-0.25, -0.2) is 9.18 Å². The highest BCUT2D eigenvalue weighted by Gasteiger charge is 2.19. The van der Waals surface area contributed by atoms with E-state index in [1.165, 1.54) is 25.3 Å². The molecule has 1 unspecified atom stereocenters. The van der Waals surface area contributed by atoms with E-state index in [2.05, 4.69) is 0 Å². The number of hydrogen-bond donors (Lipinski definition) is 0. The number of methoxy groups -OCH3 is 1. The molecule has 0 N–H and O–H groups in total. The summed E-state index contributed by atoms with van der Waals surface area (Å²) in [5.41, 5.74) is 0.848. The lowest BCUT2D eigenvalue weighted by atomic mass is 10.1. The summed E-state index contributed by atoms with van der Waals surface area (Å²) in [5, 5.41) is 0. The molecule has 0 aromatic heterocycles. The molecule has 3 nitrogen and oxygen atoms in total. The van der Waals surface area contributed by atoms with E-state index >= 15 is 0 Å². The van der Waals surface area contributed by atoms with Crippen LogP contribution in [-0.2, 0) is 14.3 Å². The lowest BCUT2D eigenvalue weighted by molar-refractivity contribution is -0.142. The second-order valence-electron chi connectivity index (χ2n) is 3.90. The summed E-state index contributed by atoms with van der Waals surface area (Å²) >= 11 is 0. The van der Waals surface area contributed by atoms with Crippen LogP contribution in [0.5, 0.6) is 0 Å². The molecule has 0 bridgehead atoms. The SMILES string of the molecule is COC1=CC(=O)OC(/C=C/c2ccc(F)cc2)C1. The molecule has 1 aliphatic rings. The third-order valence-electron chi connectivity index (χ3n) is 2.58. The van der Waals surface area contributed by atoms with Crippen molar-refractivity contribution in [1.29, 1.82) is 0 Å². The molecule has 0 saturated carbocycles. The van der Waals surface area contributed by atoms with Crippen LogP contribution < -0.4 is 0 Å². The number of hydrogen-bond acceptors (Lipinski definition) is 3. The van der Waals surface area contributed by atoms with Gasteiger partial charge in [-0.3, -0.25) is 0 Å². The Balaban J connectivity index is 2.04. The zero-order chi connectivity index (χ0) is 13.0. The molecule has 1 aliphatic heterocycles. The van der Waals surface area contributed by atoms with Crippen LogP contribution in [0.25, 0.3) is 6.08 Å². The van der Waals surface area contributed by atoms with Gasteiger partial charge < -0.3 is 9.47 Å². The third kappa shape index (κ3) is 3.20. The van der Waals surface area contributed by atoms with Crippen molar-refractivity contribution in [3.8, 4) is 0 Å². The predicted octanol–water partition coefficient (Wildman–Crippen LogP) is 2.68. The molecular weight excluding hydrogens is 235 g/mol. The number of carbonyl (C=O) groups excluding carboxylic acids is 1.